The average Bonchev–Trinajstić information content (AvgIpc) is 2.42. The molecule has 0 fully saturated rings. The van der Waals surface area contributed by atoms with Gasteiger partial charge >= 0.3 is 0 Å². The minimum atomic E-state index is -2.16. The molecule has 0 aliphatic heterocycles. The standard InChI is InChI=1S/C15H14BrClO3/c1-2-20-12-6-3-10(4-7-12)15(18,19)13-9-11(16)5-8-14(13)17/h3-9,18-19H,2H2,1H3. The Bertz CT molecular complexity index is 597. The van der Waals surface area contributed by atoms with Crippen LogP contribution in [0.25, 0.3) is 0 Å². The Hall–Kier alpha value is -1.07. The van der Waals surface area contributed by atoms with Gasteiger partial charge in [0.1, 0.15) is 5.75 Å². The number of aliphatic hydroxyl groups is 2. The summed E-state index contributed by atoms with van der Waals surface area (Å²) in [6, 6.07) is 11.5. The fraction of sp³-hybridized carbons (Fsp3) is 0.200. The fourth-order valence-electron chi connectivity index (χ4n) is 1.87. The molecular formula is C15H14BrClO3. The molecule has 0 atom stereocenters. The molecule has 0 unspecified atom stereocenters. The van der Waals surface area contributed by atoms with E-state index >= 15 is 0 Å². The van der Waals surface area contributed by atoms with E-state index in [2.05, 4.69) is 15.9 Å². The largest absolute Gasteiger partial charge is 0.494 e. The number of hydrogen-bond acceptors (Lipinski definition) is 3. The summed E-state index contributed by atoms with van der Waals surface area (Å²) in [5.74, 6) is -1.49. The molecule has 5 heteroatoms. The normalized spacial score (nSPS) is 11.4. The Labute approximate surface area is 130 Å². The number of ether oxygens (including phenoxy) is 1. The van der Waals surface area contributed by atoms with E-state index in [1.165, 1.54) is 0 Å². The summed E-state index contributed by atoms with van der Waals surface area (Å²) >= 11 is 9.34. The molecule has 106 valence electrons. The van der Waals surface area contributed by atoms with E-state index in [4.69, 9.17) is 16.3 Å². The molecule has 0 aliphatic carbocycles. The highest BCUT2D eigenvalue weighted by molar-refractivity contribution is 9.10. The molecule has 0 radical (unpaired) electrons. The topological polar surface area (TPSA) is 49.7 Å². The summed E-state index contributed by atoms with van der Waals surface area (Å²) in [4.78, 5) is 0. The van der Waals surface area contributed by atoms with Crippen molar-refractivity contribution in [1.82, 2.24) is 0 Å². The van der Waals surface area contributed by atoms with Gasteiger partial charge in [0.2, 0.25) is 5.79 Å². The van der Waals surface area contributed by atoms with Gasteiger partial charge in [0.05, 0.1) is 6.61 Å². The predicted octanol–water partition coefficient (Wildman–Crippen LogP) is 3.69. The zero-order valence-corrected chi connectivity index (χ0v) is 13.1. The van der Waals surface area contributed by atoms with Gasteiger partial charge in [-0.25, -0.2) is 0 Å². The summed E-state index contributed by atoms with van der Waals surface area (Å²) in [6.07, 6.45) is 0. The Balaban J connectivity index is 2.40. The molecular weight excluding hydrogens is 344 g/mol. The van der Waals surface area contributed by atoms with Crippen molar-refractivity contribution in [2.75, 3.05) is 6.61 Å². The van der Waals surface area contributed by atoms with E-state index in [0.29, 0.717) is 17.9 Å². The zero-order chi connectivity index (χ0) is 14.8. The molecule has 2 aromatic carbocycles. The first-order valence-corrected chi connectivity index (χ1v) is 7.26. The molecule has 0 amide bonds. The maximum absolute atomic E-state index is 10.4. The SMILES string of the molecule is CCOc1ccc(C(O)(O)c2cc(Br)ccc2Cl)cc1. The number of hydrogen-bond donors (Lipinski definition) is 2. The lowest BCUT2D eigenvalue weighted by molar-refractivity contribution is -0.132. The van der Waals surface area contributed by atoms with Crippen LogP contribution in [0.4, 0.5) is 0 Å². The van der Waals surface area contributed by atoms with Crippen molar-refractivity contribution in [3.8, 4) is 5.75 Å². The number of benzene rings is 2. The zero-order valence-electron chi connectivity index (χ0n) is 10.8. The Morgan fingerprint density at radius 2 is 1.80 bits per heavy atom. The van der Waals surface area contributed by atoms with Crippen LogP contribution in [-0.2, 0) is 5.79 Å². The van der Waals surface area contributed by atoms with Gasteiger partial charge in [0.15, 0.2) is 0 Å². The van der Waals surface area contributed by atoms with Gasteiger partial charge in [-0.2, -0.15) is 0 Å². The lowest BCUT2D eigenvalue weighted by Gasteiger charge is -2.24. The van der Waals surface area contributed by atoms with E-state index in [0.717, 1.165) is 4.47 Å². The molecule has 0 heterocycles. The van der Waals surface area contributed by atoms with E-state index in [9.17, 15) is 10.2 Å². The Kier molecular flexibility index (Phi) is 4.70. The monoisotopic (exact) mass is 356 g/mol. The molecule has 2 aromatic rings. The second kappa shape index (κ2) is 6.14. The predicted molar refractivity (Wildman–Crippen MR) is 82.0 cm³/mol. The highest BCUT2D eigenvalue weighted by Crippen LogP contribution is 2.34. The van der Waals surface area contributed by atoms with Crippen molar-refractivity contribution >= 4 is 27.5 Å². The highest BCUT2D eigenvalue weighted by atomic mass is 79.9. The molecule has 3 nitrogen and oxygen atoms in total. The lowest BCUT2D eigenvalue weighted by atomic mass is 9.97. The molecule has 0 saturated heterocycles. The fourth-order valence-corrected chi connectivity index (χ4v) is 2.48. The minimum Gasteiger partial charge on any atom is -0.494 e. The van der Waals surface area contributed by atoms with Crippen LogP contribution in [0, 0.1) is 0 Å². The lowest BCUT2D eigenvalue weighted by Crippen LogP contribution is -2.27. The molecule has 0 aliphatic rings. The van der Waals surface area contributed by atoms with Crippen LogP contribution < -0.4 is 4.74 Å². The van der Waals surface area contributed by atoms with Crippen molar-refractivity contribution in [3.63, 3.8) is 0 Å². The molecule has 20 heavy (non-hydrogen) atoms. The molecule has 0 saturated carbocycles. The first kappa shape index (κ1) is 15.3. The minimum absolute atomic E-state index is 0.220. The third-order valence-electron chi connectivity index (χ3n) is 2.87. The Morgan fingerprint density at radius 1 is 1.15 bits per heavy atom. The van der Waals surface area contributed by atoms with E-state index in [-0.39, 0.29) is 10.6 Å². The second-order valence-electron chi connectivity index (χ2n) is 4.25. The van der Waals surface area contributed by atoms with Gasteiger partial charge in [-0.1, -0.05) is 27.5 Å². The van der Waals surface area contributed by atoms with Gasteiger partial charge in [0, 0.05) is 20.6 Å². The third kappa shape index (κ3) is 3.15. The summed E-state index contributed by atoms with van der Waals surface area (Å²) in [7, 11) is 0. The summed E-state index contributed by atoms with van der Waals surface area (Å²) in [5, 5.41) is 21.1. The van der Waals surface area contributed by atoms with E-state index in [1.807, 2.05) is 6.92 Å². The van der Waals surface area contributed by atoms with Gasteiger partial charge in [0.25, 0.3) is 0 Å². The van der Waals surface area contributed by atoms with Crippen molar-refractivity contribution in [3.05, 3.63) is 63.1 Å². The van der Waals surface area contributed by atoms with E-state index < -0.39 is 5.79 Å². The molecule has 0 spiro atoms. The van der Waals surface area contributed by atoms with Crippen LogP contribution in [0.15, 0.2) is 46.9 Å². The van der Waals surface area contributed by atoms with Gasteiger partial charge < -0.3 is 14.9 Å². The van der Waals surface area contributed by atoms with Crippen molar-refractivity contribution in [2.45, 2.75) is 12.7 Å². The maximum atomic E-state index is 10.4. The summed E-state index contributed by atoms with van der Waals surface area (Å²) in [6.45, 7) is 2.44. The van der Waals surface area contributed by atoms with Crippen LogP contribution in [0.1, 0.15) is 18.1 Å². The summed E-state index contributed by atoms with van der Waals surface area (Å²) in [5.41, 5.74) is 0.540. The van der Waals surface area contributed by atoms with Crippen LogP contribution in [0.2, 0.25) is 5.02 Å². The van der Waals surface area contributed by atoms with Crippen LogP contribution in [0.3, 0.4) is 0 Å². The number of rotatable bonds is 4. The van der Waals surface area contributed by atoms with Crippen LogP contribution in [-0.4, -0.2) is 16.8 Å². The molecule has 2 N–H and O–H groups in total. The van der Waals surface area contributed by atoms with Crippen molar-refractivity contribution < 1.29 is 14.9 Å². The van der Waals surface area contributed by atoms with Crippen LogP contribution in [0.5, 0.6) is 5.75 Å². The molecule has 2 rings (SSSR count). The highest BCUT2D eigenvalue weighted by Gasteiger charge is 2.31. The number of halogens is 2. The first-order chi connectivity index (χ1) is 9.45. The Morgan fingerprint density at radius 3 is 2.40 bits per heavy atom. The third-order valence-corrected chi connectivity index (χ3v) is 3.69. The summed E-state index contributed by atoms with van der Waals surface area (Å²) < 4.78 is 6.04. The molecule has 0 aromatic heterocycles. The second-order valence-corrected chi connectivity index (χ2v) is 5.58. The van der Waals surface area contributed by atoms with Crippen LogP contribution >= 0.6 is 27.5 Å². The maximum Gasteiger partial charge on any atom is 0.218 e. The van der Waals surface area contributed by atoms with Gasteiger partial charge in [-0.3, -0.25) is 0 Å². The molecule has 0 bridgehead atoms. The first-order valence-electron chi connectivity index (χ1n) is 6.08. The van der Waals surface area contributed by atoms with Gasteiger partial charge in [-0.05, 0) is 49.4 Å². The smallest absolute Gasteiger partial charge is 0.218 e. The average molecular weight is 358 g/mol. The van der Waals surface area contributed by atoms with Crippen molar-refractivity contribution in [1.29, 1.82) is 0 Å². The van der Waals surface area contributed by atoms with Gasteiger partial charge in [-0.15, -0.1) is 0 Å². The van der Waals surface area contributed by atoms with E-state index in [1.54, 1.807) is 42.5 Å². The van der Waals surface area contributed by atoms with Crippen molar-refractivity contribution in [2.24, 2.45) is 0 Å². The quantitative estimate of drug-likeness (QED) is 0.821.